The molecule has 0 aliphatic heterocycles. The van der Waals surface area contributed by atoms with Crippen molar-refractivity contribution in [3.63, 3.8) is 0 Å². The fourth-order valence-corrected chi connectivity index (χ4v) is 2.82. The lowest BCUT2D eigenvalue weighted by Crippen LogP contribution is -2.20. The molecule has 6 nitrogen and oxygen atoms in total. The molecule has 28 heavy (non-hydrogen) atoms. The third-order valence-corrected chi connectivity index (χ3v) is 4.30. The van der Waals surface area contributed by atoms with Crippen LogP contribution in [0.25, 0.3) is 0 Å². The molecule has 2 rings (SSSR count). The fourth-order valence-electron chi connectivity index (χ4n) is 2.35. The van der Waals surface area contributed by atoms with Gasteiger partial charge in [-0.1, -0.05) is 36.5 Å². The van der Waals surface area contributed by atoms with E-state index in [2.05, 4.69) is 10.6 Å². The summed E-state index contributed by atoms with van der Waals surface area (Å²) >= 11 is 11.8. The Morgan fingerprint density at radius 3 is 2.46 bits per heavy atom. The first-order chi connectivity index (χ1) is 13.4. The first-order valence-corrected chi connectivity index (χ1v) is 9.54. The van der Waals surface area contributed by atoms with Gasteiger partial charge in [-0.25, -0.2) is 0 Å². The lowest BCUT2D eigenvalue weighted by atomic mass is 10.2. The van der Waals surface area contributed by atoms with Gasteiger partial charge in [-0.2, -0.15) is 0 Å². The molecule has 0 fully saturated rings. The summed E-state index contributed by atoms with van der Waals surface area (Å²) in [6, 6.07) is 9.73. The number of ether oxygens (including phenoxy) is 2. The zero-order valence-corrected chi connectivity index (χ0v) is 17.2. The summed E-state index contributed by atoms with van der Waals surface area (Å²) in [4.78, 5) is 24.0. The number of benzene rings is 2. The molecule has 0 aliphatic rings. The van der Waals surface area contributed by atoms with E-state index >= 15 is 0 Å². The molecule has 8 heteroatoms. The van der Waals surface area contributed by atoms with E-state index in [1.807, 2.05) is 6.92 Å². The quantitative estimate of drug-likeness (QED) is 0.583. The topological polar surface area (TPSA) is 76.7 Å². The van der Waals surface area contributed by atoms with Gasteiger partial charge in [0.2, 0.25) is 5.91 Å². The summed E-state index contributed by atoms with van der Waals surface area (Å²) in [5.74, 6) is 0.367. The van der Waals surface area contributed by atoms with Crippen molar-refractivity contribution >= 4 is 46.4 Å². The van der Waals surface area contributed by atoms with Crippen LogP contribution in [0.5, 0.6) is 11.5 Å². The van der Waals surface area contributed by atoms with Gasteiger partial charge in [0.1, 0.15) is 11.5 Å². The Bertz CT molecular complexity index is 843. The van der Waals surface area contributed by atoms with Gasteiger partial charge >= 0.3 is 0 Å². The van der Waals surface area contributed by atoms with E-state index < -0.39 is 0 Å². The number of halogens is 2. The Balaban J connectivity index is 1.95. The molecular weight excluding hydrogens is 403 g/mol. The highest BCUT2D eigenvalue weighted by Gasteiger charge is 2.11. The van der Waals surface area contributed by atoms with Crippen molar-refractivity contribution in [3.8, 4) is 11.5 Å². The average Bonchev–Trinajstić information content (AvgIpc) is 2.66. The molecule has 0 unspecified atom stereocenters. The molecule has 2 amide bonds. The van der Waals surface area contributed by atoms with Crippen molar-refractivity contribution in [1.29, 1.82) is 0 Å². The molecule has 0 aliphatic carbocycles. The van der Waals surface area contributed by atoms with Gasteiger partial charge in [-0.3, -0.25) is 9.59 Å². The van der Waals surface area contributed by atoms with E-state index in [0.717, 1.165) is 12.8 Å². The van der Waals surface area contributed by atoms with Crippen LogP contribution in [-0.4, -0.2) is 25.5 Å². The van der Waals surface area contributed by atoms with E-state index in [-0.39, 0.29) is 18.4 Å². The standard InChI is InChI=1S/C20H22Cl2N2O4/c1-3-4-5-19(25)24-16-8-7-14(11-18(16)27-2)23-20(26)12-28-17-9-6-13(21)10-15(17)22/h6-11H,3-5,12H2,1-2H3,(H,23,26)(H,24,25). The highest BCUT2D eigenvalue weighted by Crippen LogP contribution is 2.29. The molecule has 2 N–H and O–H groups in total. The van der Waals surface area contributed by atoms with Crippen LogP contribution in [0.2, 0.25) is 10.0 Å². The van der Waals surface area contributed by atoms with Crippen LogP contribution in [-0.2, 0) is 9.59 Å². The number of carbonyl (C=O) groups is 2. The van der Waals surface area contributed by atoms with Crippen LogP contribution in [0.1, 0.15) is 26.2 Å². The third kappa shape index (κ3) is 6.62. The summed E-state index contributed by atoms with van der Waals surface area (Å²) in [6.45, 7) is 1.80. The Labute approximate surface area is 174 Å². The summed E-state index contributed by atoms with van der Waals surface area (Å²) < 4.78 is 10.7. The molecule has 0 spiro atoms. The van der Waals surface area contributed by atoms with Gasteiger partial charge in [0.25, 0.3) is 5.91 Å². The Kier molecular flexibility index (Phi) is 8.42. The minimum atomic E-state index is -0.368. The summed E-state index contributed by atoms with van der Waals surface area (Å²) in [5.41, 5.74) is 1.06. The van der Waals surface area contributed by atoms with Crippen LogP contribution >= 0.6 is 23.2 Å². The Morgan fingerprint density at radius 2 is 1.79 bits per heavy atom. The minimum Gasteiger partial charge on any atom is -0.494 e. The van der Waals surface area contributed by atoms with E-state index in [0.29, 0.717) is 39.3 Å². The predicted octanol–water partition coefficient (Wildman–Crippen LogP) is 5.15. The number of rotatable bonds is 9. The number of amides is 2. The van der Waals surface area contributed by atoms with E-state index in [4.69, 9.17) is 32.7 Å². The van der Waals surface area contributed by atoms with Crippen molar-refractivity contribution in [2.45, 2.75) is 26.2 Å². The third-order valence-electron chi connectivity index (χ3n) is 3.77. The second-order valence-corrected chi connectivity index (χ2v) is 6.82. The van der Waals surface area contributed by atoms with Crippen molar-refractivity contribution in [3.05, 3.63) is 46.4 Å². The lowest BCUT2D eigenvalue weighted by molar-refractivity contribution is -0.118. The van der Waals surface area contributed by atoms with Crippen molar-refractivity contribution in [1.82, 2.24) is 0 Å². The number of hydrogen-bond donors (Lipinski definition) is 2. The largest absolute Gasteiger partial charge is 0.494 e. The zero-order valence-electron chi connectivity index (χ0n) is 15.7. The molecular formula is C20H22Cl2N2O4. The van der Waals surface area contributed by atoms with E-state index in [9.17, 15) is 9.59 Å². The number of carbonyl (C=O) groups excluding carboxylic acids is 2. The molecule has 2 aromatic carbocycles. The molecule has 0 bridgehead atoms. The highest BCUT2D eigenvalue weighted by atomic mass is 35.5. The molecule has 150 valence electrons. The van der Waals surface area contributed by atoms with Crippen LogP contribution in [0, 0.1) is 0 Å². The maximum absolute atomic E-state index is 12.1. The van der Waals surface area contributed by atoms with E-state index in [1.165, 1.54) is 13.2 Å². The summed E-state index contributed by atoms with van der Waals surface area (Å²) in [6.07, 6.45) is 2.21. The predicted molar refractivity (Wildman–Crippen MR) is 112 cm³/mol. The van der Waals surface area contributed by atoms with Gasteiger partial charge in [0.15, 0.2) is 6.61 Å². The monoisotopic (exact) mass is 424 g/mol. The van der Waals surface area contributed by atoms with Gasteiger partial charge in [-0.15, -0.1) is 0 Å². The minimum absolute atomic E-state index is 0.0785. The van der Waals surface area contributed by atoms with Gasteiger partial charge in [-0.05, 0) is 36.8 Å². The first-order valence-electron chi connectivity index (χ1n) is 8.78. The molecule has 0 saturated carbocycles. The smallest absolute Gasteiger partial charge is 0.262 e. The fraction of sp³-hybridized carbons (Fsp3) is 0.300. The van der Waals surface area contributed by atoms with Gasteiger partial charge in [0, 0.05) is 23.2 Å². The summed E-state index contributed by atoms with van der Waals surface area (Å²) in [7, 11) is 1.49. The second kappa shape index (κ2) is 10.8. The Hall–Kier alpha value is -2.44. The lowest BCUT2D eigenvalue weighted by Gasteiger charge is -2.13. The SMILES string of the molecule is CCCCC(=O)Nc1ccc(NC(=O)COc2ccc(Cl)cc2Cl)cc1OC. The van der Waals surface area contributed by atoms with Crippen LogP contribution in [0.15, 0.2) is 36.4 Å². The van der Waals surface area contributed by atoms with Gasteiger partial charge in [0.05, 0.1) is 17.8 Å². The number of nitrogens with one attached hydrogen (secondary N) is 2. The second-order valence-electron chi connectivity index (χ2n) is 5.98. The maximum atomic E-state index is 12.1. The summed E-state index contributed by atoms with van der Waals surface area (Å²) in [5, 5.41) is 6.32. The van der Waals surface area contributed by atoms with Crippen molar-refractivity contribution < 1.29 is 19.1 Å². The molecule has 0 atom stereocenters. The number of unbranched alkanes of at least 4 members (excludes halogenated alkanes) is 1. The first kappa shape index (κ1) is 21.9. The van der Waals surface area contributed by atoms with Crippen molar-refractivity contribution in [2.24, 2.45) is 0 Å². The number of methoxy groups -OCH3 is 1. The number of anilines is 2. The van der Waals surface area contributed by atoms with Crippen molar-refractivity contribution in [2.75, 3.05) is 24.4 Å². The van der Waals surface area contributed by atoms with Crippen LogP contribution < -0.4 is 20.1 Å². The van der Waals surface area contributed by atoms with Crippen LogP contribution in [0.4, 0.5) is 11.4 Å². The molecule has 2 aromatic rings. The maximum Gasteiger partial charge on any atom is 0.262 e. The average molecular weight is 425 g/mol. The molecule has 0 heterocycles. The van der Waals surface area contributed by atoms with Crippen LogP contribution in [0.3, 0.4) is 0 Å². The zero-order chi connectivity index (χ0) is 20.5. The molecule has 0 aromatic heterocycles. The highest BCUT2D eigenvalue weighted by molar-refractivity contribution is 6.35. The van der Waals surface area contributed by atoms with Gasteiger partial charge < -0.3 is 20.1 Å². The molecule has 0 saturated heterocycles. The normalized spacial score (nSPS) is 10.3. The molecule has 0 radical (unpaired) electrons. The number of hydrogen-bond acceptors (Lipinski definition) is 4. The van der Waals surface area contributed by atoms with E-state index in [1.54, 1.807) is 30.3 Å². The Morgan fingerprint density at radius 1 is 1.00 bits per heavy atom.